The van der Waals surface area contributed by atoms with Crippen molar-refractivity contribution >= 4 is 27.1 Å². The zero-order valence-electron chi connectivity index (χ0n) is 10.5. The van der Waals surface area contributed by atoms with Crippen LogP contribution in [0, 0.1) is 6.92 Å². The normalized spacial score (nSPS) is 11.7. The van der Waals surface area contributed by atoms with Gasteiger partial charge in [0.05, 0.1) is 0 Å². The Balaban J connectivity index is 0.00000162. The standard InChI is InChI=1S/C15H17P2.W/c1-3-13-7-5-9-15(11-13)17(16)14-8-4-6-12(2)10-14;/h4-11H,2-3,16H2,1H3;/q-1;. The van der Waals surface area contributed by atoms with Gasteiger partial charge in [0.1, 0.15) is 0 Å². The molecule has 0 aliphatic carbocycles. The van der Waals surface area contributed by atoms with Gasteiger partial charge in [-0.05, 0) is 24.9 Å². The Morgan fingerprint density at radius 1 is 1.06 bits per heavy atom. The van der Waals surface area contributed by atoms with Gasteiger partial charge in [0.2, 0.25) is 0 Å². The molecule has 0 radical (unpaired) electrons. The molecule has 0 aliphatic heterocycles. The largest absolute Gasteiger partial charge is 0.199 e. The van der Waals surface area contributed by atoms with Crippen LogP contribution in [0.1, 0.15) is 18.1 Å². The fourth-order valence-electron chi connectivity index (χ4n) is 1.78. The Kier molecular flexibility index (Phi) is 6.59. The van der Waals surface area contributed by atoms with Crippen LogP contribution in [0.2, 0.25) is 0 Å². The van der Waals surface area contributed by atoms with E-state index in [1.807, 2.05) is 6.07 Å². The minimum atomic E-state index is -0.332. The molecule has 0 saturated heterocycles. The van der Waals surface area contributed by atoms with Crippen molar-refractivity contribution in [2.75, 3.05) is 0 Å². The van der Waals surface area contributed by atoms with Crippen LogP contribution >= 0.6 is 16.5 Å². The van der Waals surface area contributed by atoms with Crippen LogP contribution in [-0.2, 0) is 27.5 Å². The van der Waals surface area contributed by atoms with Gasteiger partial charge in [0, 0.05) is 21.1 Å². The van der Waals surface area contributed by atoms with E-state index in [9.17, 15) is 0 Å². The summed E-state index contributed by atoms with van der Waals surface area (Å²) in [6.07, 6.45) is 1.09. The number of aryl methyl sites for hydroxylation is 1. The second-order valence-electron chi connectivity index (χ2n) is 4.06. The zero-order chi connectivity index (χ0) is 12.3. The summed E-state index contributed by atoms with van der Waals surface area (Å²) in [6, 6.07) is 17.4. The summed E-state index contributed by atoms with van der Waals surface area (Å²) in [5.41, 5.74) is 2.49. The van der Waals surface area contributed by atoms with Gasteiger partial charge in [0.25, 0.3) is 0 Å². The number of hydrogen-bond donors (Lipinski definition) is 0. The SMILES string of the molecule is [CH2-]c1cccc(P(P)c2cccc(CC)c2)c1.[W]. The molecule has 0 saturated carbocycles. The maximum atomic E-state index is 3.99. The molecular weight excluding hydrogens is 426 g/mol. The Bertz CT molecular complexity index is 511. The summed E-state index contributed by atoms with van der Waals surface area (Å²) < 4.78 is 0. The van der Waals surface area contributed by atoms with E-state index in [1.54, 1.807) is 0 Å². The van der Waals surface area contributed by atoms with Crippen LogP contribution < -0.4 is 10.6 Å². The average molecular weight is 443 g/mol. The van der Waals surface area contributed by atoms with E-state index >= 15 is 0 Å². The minimum Gasteiger partial charge on any atom is -0.199 e. The van der Waals surface area contributed by atoms with Crippen molar-refractivity contribution in [3.05, 3.63) is 66.6 Å². The third-order valence-corrected chi connectivity index (χ3v) is 6.24. The monoisotopic (exact) mass is 443 g/mol. The van der Waals surface area contributed by atoms with Crippen molar-refractivity contribution in [1.29, 1.82) is 0 Å². The quantitative estimate of drug-likeness (QED) is 0.502. The molecule has 18 heavy (non-hydrogen) atoms. The van der Waals surface area contributed by atoms with Crippen LogP contribution in [0.4, 0.5) is 0 Å². The maximum absolute atomic E-state index is 3.99. The van der Waals surface area contributed by atoms with E-state index in [-0.39, 0.29) is 28.7 Å². The predicted octanol–water partition coefficient (Wildman–Crippen LogP) is 3.65. The van der Waals surface area contributed by atoms with Crippen molar-refractivity contribution in [3.63, 3.8) is 0 Å². The second-order valence-corrected chi connectivity index (χ2v) is 7.39. The Morgan fingerprint density at radius 3 is 2.28 bits per heavy atom. The van der Waals surface area contributed by atoms with Crippen LogP contribution in [-0.4, -0.2) is 0 Å². The van der Waals surface area contributed by atoms with Gasteiger partial charge in [-0.15, -0.1) is 15.0 Å². The van der Waals surface area contributed by atoms with Crippen LogP contribution in [0.15, 0.2) is 48.5 Å². The molecule has 0 aliphatic rings. The molecule has 2 unspecified atom stereocenters. The summed E-state index contributed by atoms with van der Waals surface area (Å²) in [7, 11) is 2.66. The minimum absolute atomic E-state index is 0. The molecule has 0 fully saturated rings. The molecule has 94 valence electrons. The fraction of sp³-hybridized carbons (Fsp3) is 0.133. The number of benzene rings is 2. The summed E-state index contributed by atoms with van der Waals surface area (Å²) in [6.45, 7) is 6.19. The van der Waals surface area contributed by atoms with Crippen molar-refractivity contribution in [2.24, 2.45) is 0 Å². The van der Waals surface area contributed by atoms with Crippen LogP contribution in [0.3, 0.4) is 0 Å². The molecule has 0 bridgehead atoms. The number of hydrogen-bond acceptors (Lipinski definition) is 0. The Morgan fingerprint density at radius 2 is 1.67 bits per heavy atom. The second kappa shape index (κ2) is 7.45. The molecular formula is C15H17P2W-. The zero-order valence-corrected chi connectivity index (χ0v) is 15.4. The fourth-order valence-corrected chi connectivity index (χ4v) is 4.15. The van der Waals surface area contributed by atoms with Crippen molar-refractivity contribution in [2.45, 2.75) is 13.3 Å². The van der Waals surface area contributed by atoms with Gasteiger partial charge < -0.3 is 0 Å². The van der Waals surface area contributed by atoms with E-state index < -0.39 is 0 Å². The summed E-state index contributed by atoms with van der Waals surface area (Å²) in [5, 5.41) is 2.78. The van der Waals surface area contributed by atoms with Gasteiger partial charge in [0.15, 0.2) is 0 Å². The van der Waals surface area contributed by atoms with E-state index in [1.165, 1.54) is 16.2 Å². The summed E-state index contributed by atoms with van der Waals surface area (Å²) in [4.78, 5) is 0. The van der Waals surface area contributed by atoms with Crippen LogP contribution in [0.25, 0.3) is 0 Å². The first-order chi connectivity index (χ1) is 8.20. The third kappa shape index (κ3) is 3.93. The third-order valence-electron chi connectivity index (χ3n) is 2.79. The van der Waals surface area contributed by atoms with Crippen molar-refractivity contribution < 1.29 is 21.1 Å². The van der Waals surface area contributed by atoms with E-state index in [0.717, 1.165) is 12.0 Å². The van der Waals surface area contributed by atoms with Gasteiger partial charge in [-0.3, -0.25) is 0 Å². The molecule has 0 amide bonds. The topological polar surface area (TPSA) is 0 Å². The predicted molar refractivity (Wildman–Crippen MR) is 82.6 cm³/mol. The maximum Gasteiger partial charge on any atom is 0 e. The molecule has 2 aromatic rings. The van der Waals surface area contributed by atoms with Gasteiger partial charge in [-0.2, -0.15) is 24.6 Å². The molecule has 0 spiro atoms. The number of rotatable bonds is 3. The summed E-state index contributed by atoms with van der Waals surface area (Å²) >= 11 is 0. The first kappa shape index (κ1) is 15.9. The average Bonchev–Trinajstić information content (AvgIpc) is 2.38. The van der Waals surface area contributed by atoms with E-state index in [4.69, 9.17) is 0 Å². The molecule has 2 atom stereocenters. The van der Waals surface area contributed by atoms with Gasteiger partial charge >= 0.3 is 0 Å². The van der Waals surface area contributed by atoms with E-state index in [2.05, 4.69) is 65.2 Å². The van der Waals surface area contributed by atoms with E-state index in [0.29, 0.717) is 0 Å². The molecule has 0 nitrogen and oxygen atoms in total. The molecule has 2 aromatic carbocycles. The summed E-state index contributed by atoms with van der Waals surface area (Å²) in [5.74, 6) is 0. The Labute approximate surface area is 128 Å². The Hall–Kier alpha value is -0.142. The molecule has 0 aromatic heterocycles. The molecule has 0 heterocycles. The van der Waals surface area contributed by atoms with Crippen molar-refractivity contribution in [3.8, 4) is 0 Å². The van der Waals surface area contributed by atoms with Gasteiger partial charge in [-0.1, -0.05) is 42.6 Å². The first-order valence-corrected chi connectivity index (χ1v) is 8.72. The first-order valence-electron chi connectivity index (χ1n) is 5.76. The molecule has 2 rings (SSSR count). The molecule has 3 heteroatoms. The smallest absolute Gasteiger partial charge is 0 e. The van der Waals surface area contributed by atoms with Crippen LogP contribution in [0.5, 0.6) is 0 Å². The van der Waals surface area contributed by atoms with Crippen molar-refractivity contribution in [1.82, 2.24) is 0 Å². The molecule has 0 N–H and O–H groups in total. The van der Waals surface area contributed by atoms with Gasteiger partial charge in [-0.25, -0.2) is 0 Å².